The maximum atomic E-state index is 12.2. The molecule has 1 fully saturated rings. The Morgan fingerprint density at radius 3 is 2.58 bits per heavy atom. The van der Waals surface area contributed by atoms with Crippen molar-refractivity contribution < 1.29 is 19.8 Å². The Morgan fingerprint density at radius 1 is 1.37 bits per heavy atom. The fourth-order valence-corrected chi connectivity index (χ4v) is 2.48. The van der Waals surface area contributed by atoms with Gasteiger partial charge in [0.05, 0.1) is 11.5 Å². The van der Waals surface area contributed by atoms with E-state index < -0.39 is 11.9 Å². The predicted octanol–water partition coefficient (Wildman–Crippen LogP) is 1.84. The molecule has 2 unspecified atom stereocenters. The number of amides is 1. The fraction of sp³-hybridized carbons (Fsp3) is 0.385. The normalized spacial score (nSPS) is 22.5. The summed E-state index contributed by atoms with van der Waals surface area (Å²) in [6, 6.07) is 4.25. The van der Waals surface area contributed by atoms with Crippen molar-refractivity contribution in [1.82, 2.24) is 4.90 Å². The maximum absolute atomic E-state index is 12.2. The van der Waals surface area contributed by atoms with E-state index in [1.165, 1.54) is 23.1 Å². The van der Waals surface area contributed by atoms with E-state index in [0.717, 1.165) is 0 Å². The minimum atomic E-state index is -0.900. The second-order valence-corrected chi connectivity index (χ2v) is 5.23. The largest absolute Gasteiger partial charge is 0.507 e. The molecule has 2 N–H and O–H groups in total. The van der Waals surface area contributed by atoms with Crippen LogP contribution in [0.2, 0.25) is 5.02 Å². The average Bonchev–Trinajstić information content (AvgIpc) is 2.70. The van der Waals surface area contributed by atoms with Crippen molar-refractivity contribution >= 4 is 23.5 Å². The van der Waals surface area contributed by atoms with Crippen molar-refractivity contribution in [2.45, 2.75) is 6.92 Å². The molecule has 1 aliphatic heterocycles. The molecule has 0 aromatic heterocycles. The molecule has 6 heteroatoms. The number of likely N-dealkylation sites (tertiary alicyclic amines) is 1. The van der Waals surface area contributed by atoms with Gasteiger partial charge in [-0.15, -0.1) is 0 Å². The second-order valence-electron chi connectivity index (χ2n) is 4.79. The Hall–Kier alpha value is -1.75. The number of aliphatic carboxylic acids is 1. The van der Waals surface area contributed by atoms with Gasteiger partial charge in [-0.05, 0) is 24.1 Å². The predicted molar refractivity (Wildman–Crippen MR) is 69.3 cm³/mol. The van der Waals surface area contributed by atoms with Crippen LogP contribution in [0.4, 0.5) is 0 Å². The summed E-state index contributed by atoms with van der Waals surface area (Å²) >= 11 is 5.71. The summed E-state index contributed by atoms with van der Waals surface area (Å²) in [4.78, 5) is 24.7. The van der Waals surface area contributed by atoms with Crippen LogP contribution in [0, 0.1) is 11.8 Å². The second kappa shape index (κ2) is 5.09. The van der Waals surface area contributed by atoms with Crippen LogP contribution in [0.3, 0.4) is 0 Å². The molecule has 1 heterocycles. The highest BCUT2D eigenvalue weighted by Crippen LogP contribution is 2.28. The van der Waals surface area contributed by atoms with Gasteiger partial charge in [-0.2, -0.15) is 0 Å². The van der Waals surface area contributed by atoms with Gasteiger partial charge in [0.1, 0.15) is 5.75 Å². The molecule has 102 valence electrons. The Kier molecular flexibility index (Phi) is 3.66. The van der Waals surface area contributed by atoms with Gasteiger partial charge in [0, 0.05) is 18.1 Å². The number of nitrogens with zero attached hydrogens (tertiary/aromatic N) is 1. The highest BCUT2D eigenvalue weighted by Gasteiger charge is 2.37. The fourth-order valence-electron chi connectivity index (χ4n) is 2.31. The van der Waals surface area contributed by atoms with Gasteiger partial charge in [-0.1, -0.05) is 18.5 Å². The van der Waals surface area contributed by atoms with Crippen LogP contribution in [0.5, 0.6) is 5.75 Å². The van der Waals surface area contributed by atoms with Crippen LogP contribution in [-0.4, -0.2) is 40.1 Å². The van der Waals surface area contributed by atoms with Gasteiger partial charge in [-0.3, -0.25) is 9.59 Å². The highest BCUT2D eigenvalue weighted by molar-refractivity contribution is 6.30. The minimum Gasteiger partial charge on any atom is -0.507 e. The molecule has 0 aliphatic carbocycles. The molecule has 2 atom stereocenters. The van der Waals surface area contributed by atoms with Gasteiger partial charge in [0.15, 0.2) is 0 Å². The third kappa shape index (κ3) is 2.66. The van der Waals surface area contributed by atoms with Crippen LogP contribution in [-0.2, 0) is 4.79 Å². The molecule has 19 heavy (non-hydrogen) atoms. The van der Waals surface area contributed by atoms with Gasteiger partial charge in [-0.25, -0.2) is 0 Å². The first kappa shape index (κ1) is 13.7. The molecule has 0 saturated carbocycles. The smallest absolute Gasteiger partial charge is 0.308 e. The highest BCUT2D eigenvalue weighted by atomic mass is 35.5. The molecule has 2 rings (SSSR count). The van der Waals surface area contributed by atoms with Gasteiger partial charge in [0.25, 0.3) is 5.91 Å². The lowest BCUT2D eigenvalue weighted by molar-refractivity contribution is -0.142. The standard InChI is InChI=1S/C13H14ClNO4/c1-7-5-15(6-10(7)13(18)19)12(17)9-3-2-8(14)4-11(9)16/h2-4,7,10,16H,5-6H2,1H3,(H,18,19). The summed E-state index contributed by atoms with van der Waals surface area (Å²) in [7, 11) is 0. The third-order valence-electron chi connectivity index (χ3n) is 3.41. The van der Waals surface area contributed by atoms with Gasteiger partial charge >= 0.3 is 5.97 Å². The number of carbonyl (C=O) groups excluding carboxylic acids is 1. The first-order chi connectivity index (χ1) is 8.90. The molecule has 5 nitrogen and oxygen atoms in total. The number of benzene rings is 1. The first-order valence-corrected chi connectivity index (χ1v) is 6.28. The maximum Gasteiger partial charge on any atom is 0.308 e. The van der Waals surface area contributed by atoms with Crippen molar-refractivity contribution in [3.05, 3.63) is 28.8 Å². The monoisotopic (exact) mass is 283 g/mol. The number of phenolic OH excluding ortho intramolecular Hbond substituents is 1. The molecule has 1 aliphatic rings. The lowest BCUT2D eigenvalue weighted by Gasteiger charge is -2.16. The molecule has 0 radical (unpaired) electrons. The van der Waals surface area contributed by atoms with Crippen molar-refractivity contribution in [3.8, 4) is 5.75 Å². The number of hydrogen-bond donors (Lipinski definition) is 2. The molecule has 0 spiro atoms. The summed E-state index contributed by atoms with van der Waals surface area (Å²) in [5.41, 5.74) is 0.141. The summed E-state index contributed by atoms with van der Waals surface area (Å²) in [6.45, 7) is 2.34. The Bertz CT molecular complexity index is 531. The molecule has 1 amide bonds. The lowest BCUT2D eigenvalue weighted by atomic mass is 9.99. The zero-order valence-electron chi connectivity index (χ0n) is 10.3. The number of carbonyl (C=O) groups is 2. The number of halogens is 1. The van der Waals surface area contributed by atoms with E-state index in [2.05, 4.69) is 0 Å². The van der Waals surface area contributed by atoms with E-state index in [9.17, 15) is 14.7 Å². The van der Waals surface area contributed by atoms with Crippen LogP contribution in [0.1, 0.15) is 17.3 Å². The number of rotatable bonds is 2. The Labute approximate surface area is 115 Å². The lowest BCUT2D eigenvalue weighted by Crippen LogP contribution is -2.29. The van der Waals surface area contributed by atoms with Crippen LogP contribution < -0.4 is 0 Å². The number of hydrogen-bond acceptors (Lipinski definition) is 3. The topological polar surface area (TPSA) is 77.8 Å². The average molecular weight is 284 g/mol. The summed E-state index contributed by atoms with van der Waals surface area (Å²) in [5.74, 6) is -2.12. The molecule has 1 aromatic carbocycles. The van der Waals surface area contributed by atoms with Crippen molar-refractivity contribution in [3.63, 3.8) is 0 Å². The molecular formula is C13H14ClNO4. The zero-order valence-corrected chi connectivity index (χ0v) is 11.1. The molecule has 0 bridgehead atoms. The Morgan fingerprint density at radius 2 is 2.05 bits per heavy atom. The van der Waals surface area contributed by atoms with E-state index in [4.69, 9.17) is 16.7 Å². The molecular weight excluding hydrogens is 270 g/mol. The van der Waals surface area contributed by atoms with E-state index in [-0.39, 0.29) is 29.7 Å². The summed E-state index contributed by atoms with van der Waals surface area (Å²) in [5, 5.41) is 19.1. The summed E-state index contributed by atoms with van der Waals surface area (Å²) < 4.78 is 0. The van der Waals surface area contributed by atoms with Crippen molar-refractivity contribution in [2.24, 2.45) is 11.8 Å². The quantitative estimate of drug-likeness (QED) is 0.868. The van der Waals surface area contributed by atoms with Gasteiger partial charge in [0.2, 0.25) is 0 Å². The van der Waals surface area contributed by atoms with Crippen molar-refractivity contribution in [1.29, 1.82) is 0 Å². The zero-order chi connectivity index (χ0) is 14.2. The third-order valence-corrected chi connectivity index (χ3v) is 3.64. The Balaban J connectivity index is 2.19. The van der Waals surface area contributed by atoms with Crippen LogP contribution in [0.25, 0.3) is 0 Å². The SMILES string of the molecule is CC1CN(C(=O)c2ccc(Cl)cc2O)CC1C(=O)O. The number of carboxylic acids is 1. The van der Waals surface area contributed by atoms with E-state index in [1.807, 2.05) is 0 Å². The number of aromatic hydroxyl groups is 1. The van der Waals surface area contributed by atoms with E-state index in [1.54, 1.807) is 6.92 Å². The molecule has 1 saturated heterocycles. The number of carboxylic acid groups (broad SMARTS) is 1. The minimum absolute atomic E-state index is 0.101. The van der Waals surface area contributed by atoms with E-state index >= 15 is 0 Å². The number of phenols is 1. The van der Waals surface area contributed by atoms with E-state index in [0.29, 0.717) is 11.6 Å². The van der Waals surface area contributed by atoms with Crippen LogP contribution >= 0.6 is 11.6 Å². The van der Waals surface area contributed by atoms with Gasteiger partial charge < -0.3 is 15.1 Å². The first-order valence-electron chi connectivity index (χ1n) is 5.90. The molecule has 1 aromatic rings. The summed E-state index contributed by atoms with van der Waals surface area (Å²) in [6.07, 6.45) is 0. The van der Waals surface area contributed by atoms with Crippen LogP contribution in [0.15, 0.2) is 18.2 Å². The van der Waals surface area contributed by atoms with Crippen molar-refractivity contribution in [2.75, 3.05) is 13.1 Å².